The number of benzene rings is 2. The van der Waals surface area contributed by atoms with Crippen LogP contribution in [0.25, 0.3) is 0 Å². The highest BCUT2D eigenvalue weighted by Gasteiger charge is 2.16. The molecule has 1 aliphatic rings. The Hall–Kier alpha value is -2.11. The first-order chi connectivity index (χ1) is 11.8. The summed E-state index contributed by atoms with van der Waals surface area (Å²) in [4.78, 5) is 0. The molecule has 5 nitrogen and oxygen atoms in total. The number of aliphatic hydroxyl groups excluding tert-OH is 1. The van der Waals surface area contributed by atoms with Gasteiger partial charge in [0, 0.05) is 6.42 Å². The molecule has 2 aromatic carbocycles. The summed E-state index contributed by atoms with van der Waals surface area (Å²) in [7, 11) is 0. The molecule has 2 aromatic rings. The van der Waals surface area contributed by atoms with E-state index in [4.69, 9.17) is 35.7 Å². The van der Waals surface area contributed by atoms with Gasteiger partial charge in [-0.25, -0.2) is 0 Å². The molecule has 0 aromatic heterocycles. The largest absolute Gasteiger partial charge is 0.489 e. The summed E-state index contributed by atoms with van der Waals surface area (Å²) in [6.45, 7) is 1.68. The summed E-state index contributed by atoms with van der Waals surface area (Å²) in [5.74, 6) is 2.43. The van der Waals surface area contributed by atoms with Crippen LogP contribution < -0.4 is 18.9 Å². The van der Waals surface area contributed by atoms with Gasteiger partial charge in [-0.2, -0.15) is 0 Å². The van der Waals surface area contributed by atoms with Crippen molar-refractivity contribution in [3.8, 4) is 23.0 Å². The maximum atomic E-state index is 8.89. The van der Waals surface area contributed by atoms with Crippen LogP contribution in [-0.2, 0) is 6.61 Å². The van der Waals surface area contributed by atoms with Crippen LogP contribution in [0, 0.1) is 0 Å². The third kappa shape index (κ3) is 4.04. The Balaban J connectivity index is 1.73. The second-order valence-corrected chi connectivity index (χ2v) is 5.67. The summed E-state index contributed by atoms with van der Waals surface area (Å²) in [5, 5.41) is 9.40. The Kier molecular flexibility index (Phi) is 5.67. The number of rotatable bonds is 6. The van der Waals surface area contributed by atoms with Crippen LogP contribution in [0.5, 0.6) is 23.0 Å². The number of halogens is 1. The van der Waals surface area contributed by atoms with Crippen LogP contribution in [0.1, 0.15) is 12.0 Å². The van der Waals surface area contributed by atoms with E-state index in [-0.39, 0.29) is 13.2 Å². The van der Waals surface area contributed by atoms with Crippen molar-refractivity contribution in [3.63, 3.8) is 0 Å². The number of ether oxygens (including phenoxy) is 4. The molecule has 0 saturated heterocycles. The van der Waals surface area contributed by atoms with E-state index in [1.165, 1.54) is 0 Å². The van der Waals surface area contributed by atoms with E-state index < -0.39 is 0 Å². The van der Waals surface area contributed by atoms with Crippen molar-refractivity contribution in [2.24, 2.45) is 0 Å². The summed E-state index contributed by atoms with van der Waals surface area (Å²) in [6, 6.07) is 11.0. The molecule has 0 amide bonds. The van der Waals surface area contributed by atoms with Gasteiger partial charge in [0.25, 0.3) is 0 Å². The first-order valence-electron chi connectivity index (χ1n) is 7.81. The van der Waals surface area contributed by atoms with Crippen molar-refractivity contribution < 1.29 is 24.1 Å². The van der Waals surface area contributed by atoms with Gasteiger partial charge in [0.1, 0.15) is 13.2 Å². The highest BCUT2D eigenvalue weighted by Crippen LogP contribution is 2.38. The molecule has 0 bridgehead atoms. The molecular weight excluding hydrogens is 332 g/mol. The predicted octanol–water partition coefficient (Wildman–Crippen LogP) is 3.45. The predicted molar refractivity (Wildman–Crippen MR) is 90.4 cm³/mol. The Bertz CT molecular complexity index is 689. The summed E-state index contributed by atoms with van der Waals surface area (Å²) in [6.07, 6.45) is 0.826. The number of para-hydroxylation sites is 2. The lowest BCUT2D eigenvalue weighted by Crippen LogP contribution is -2.04. The van der Waals surface area contributed by atoms with Gasteiger partial charge in [0.15, 0.2) is 23.0 Å². The average Bonchev–Trinajstić information content (AvgIpc) is 2.84. The summed E-state index contributed by atoms with van der Waals surface area (Å²) >= 11 is 6.29. The Labute approximate surface area is 145 Å². The maximum absolute atomic E-state index is 8.89. The second-order valence-electron chi connectivity index (χ2n) is 5.26. The number of fused-ring (bicyclic) bond motifs is 1. The summed E-state index contributed by atoms with van der Waals surface area (Å²) < 4.78 is 22.6. The fourth-order valence-corrected chi connectivity index (χ4v) is 2.66. The molecule has 1 N–H and O–H groups in total. The van der Waals surface area contributed by atoms with Gasteiger partial charge in [-0.05, 0) is 29.8 Å². The molecule has 0 spiro atoms. The molecule has 0 radical (unpaired) electrons. The van der Waals surface area contributed by atoms with E-state index >= 15 is 0 Å². The van der Waals surface area contributed by atoms with Gasteiger partial charge < -0.3 is 24.1 Å². The molecule has 1 aliphatic heterocycles. The summed E-state index contributed by atoms with van der Waals surface area (Å²) in [5.41, 5.74) is 0.876. The van der Waals surface area contributed by atoms with E-state index in [0.717, 1.165) is 12.0 Å². The van der Waals surface area contributed by atoms with Crippen molar-refractivity contribution in [2.45, 2.75) is 13.0 Å². The van der Waals surface area contributed by atoms with Crippen molar-refractivity contribution in [3.05, 3.63) is 47.0 Å². The molecule has 0 fully saturated rings. The first kappa shape index (κ1) is 16.7. The third-order valence-electron chi connectivity index (χ3n) is 3.45. The molecular formula is C18H19ClO5. The van der Waals surface area contributed by atoms with Gasteiger partial charge in [0.2, 0.25) is 0 Å². The minimum absolute atomic E-state index is 0.0495. The zero-order chi connectivity index (χ0) is 16.8. The quantitative estimate of drug-likeness (QED) is 0.864. The zero-order valence-electron chi connectivity index (χ0n) is 13.2. The molecule has 0 atom stereocenters. The minimum atomic E-state index is -0.0495. The molecule has 24 heavy (non-hydrogen) atoms. The minimum Gasteiger partial charge on any atom is -0.489 e. The molecule has 128 valence electrons. The standard InChI is InChI=1S/C18H19ClO5/c19-14-10-13(11-17-18(14)23-8-3-7-21-17)12-24-16-5-2-1-4-15(16)22-9-6-20/h1-2,4-5,10-11,20H,3,6-9,12H2. The van der Waals surface area contributed by atoms with Crippen molar-refractivity contribution in [1.82, 2.24) is 0 Å². The number of hydrogen-bond donors (Lipinski definition) is 1. The van der Waals surface area contributed by atoms with Crippen molar-refractivity contribution >= 4 is 11.6 Å². The van der Waals surface area contributed by atoms with Gasteiger partial charge >= 0.3 is 0 Å². The fraction of sp³-hybridized carbons (Fsp3) is 0.333. The van der Waals surface area contributed by atoms with Crippen LogP contribution in [0.4, 0.5) is 0 Å². The number of hydrogen-bond acceptors (Lipinski definition) is 5. The lowest BCUT2D eigenvalue weighted by Gasteiger charge is -2.14. The van der Waals surface area contributed by atoms with Gasteiger partial charge in [-0.3, -0.25) is 0 Å². The van der Waals surface area contributed by atoms with E-state index in [2.05, 4.69) is 0 Å². The van der Waals surface area contributed by atoms with Crippen LogP contribution in [0.15, 0.2) is 36.4 Å². The molecule has 0 aliphatic carbocycles. The third-order valence-corrected chi connectivity index (χ3v) is 3.74. The van der Waals surface area contributed by atoms with Gasteiger partial charge in [0.05, 0.1) is 24.8 Å². The van der Waals surface area contributed by atoms with E-state index in [1.807, 2.05) is 30.3 Å². The van der Waals surface area contributed by atoms with Crippen molar-refractivity contribution in [1.29, 1.82) is 0 Å². The Morgan fingerprint density at radius 3 is 2.58 bits per heavy atom. The van der Waals surface area contributed by atoms with Gasteiger partial charge in [-0.15, -0.1) is 0 Å². The van der Waals surface area contributed by atoms with Crippen LogP contribution in [0.2, 0.25) is 5.02 Å². The second kappa shape index (κ2) is 8.13. The Morgan fingerprint density at radius 2 is 1.79 bits per heavy atom. The lowest BCUT2D eigenvalue weighted by molar-refractivity contribution is 0.192. The molecule has 0 unspecified atom stereocenters. The number of aliphatic hydroxyl groups is 1. The van der Waals surface area contributed by atoms with E-state index in [9.17, 15) is 0 Å². The highest BCUT2D eigenvalue weighted by molar-refractivity contribution is 6.32. The maximum Gasteiger partial charge on any atom is 0.179 e. The Morgan fingerprint density at radius 1 is 1.04 bits per heavy atom. The lowest BCUT2D eigenvalue weighted by atomic mass is 10.2. The molecule has 0 saturated carbocycles. The average molecular weight is 351 g/mol. The topological polar surface area (TPSA) is 57.2 Å². The SMILES string of the molecule is OCCOc1ccccc1OCc1cc(Cl)c2c(c1)OCCCO2. The smallest absolute Gasteiger partial charge is 0.179 e. The molecule has 1 heterocycles. The van der Waals surface area contributed by atoms with Gasteiger partial charge in [-0.1, -0.05) is 23.7 Å². The molecule has 3 rings (SSSR count). The van der Waals surface area contributed by atoms with E-state index in [0.29, 0.717) is 47.8 Å². The molecule has 6 heteroatoms. The van der Waals surface area contributed by atoms with E-state index in [1.54, 1.807) is 6.07 Å². The van der Waals surface area contributed by atoms with Crippen LogP contribution in [-0.4, -0.2) is 31.5 Å². The first-order valence-corrected chi connectivity index (χ1v) is 8.19. The monoisotopic (exact) mass is 350 g/mol. The van der Waals surface area contributed by atoms with Crippen LogP contribution >= 0.6 is 11.6 Å². The zero-order valence-corrected chi connectivity index (χ0v) is 13.9. The normalized spacial score (nSPS) is 13.2. The highest BCUT2D eigenvalue weighted by atomic mass is 35.5. The van der Waals surface area contributed by atoms with Crippen molar-refractivity contribution in [2.75, 3.05) is 26.4 Å². The van der Waals surface area contributed by atoms with Crippen LogP contribution in [0.3, 0.4) is 0 Å². The fourth-order valence-electron chi connectivity index (χ4n) is 2.37.